The van der Waals surface area contributed by atoms with E-state index in [1.165, 1.54) is 6.07 Å². The number of benzene rings is 2. The van der Waals surface area contributed by atoms with Crippen molar-refractivity contribution in [3.8, 4) is 5.69 Å². The van der Waals surface area contributed by atoms with E-state index < -0.39 is 5.97 Å². The van der Waals surface area contributed by atoms with E-state index in [-0.39, 0.29) is 23.0 Å². The number of nitrogens with one attached hydrogen (secondary N) is 1. The van der Waals surface area contributed by atoms with Crippen molar-refractivity contribution in [3.63, 3.8) is 0 Å². The Morgan fingerprint density at radius 1 is 1.17 bits per heavy atom. The highest BCUT2D eigenvalue weighted by molar-refractivity contribution is 6.01. The van der Waals surface area contributed by atoms with Crippen molar-refractivity contribution in [2.24, 2.45) is 0 Å². The molecule has 0 aliphatic rings. The molecule has 1 heterocycles. The summed E-state index contributed by atoms with van der Waals surface area (Å²) in [5.74, 6) is -1.13. The van der Waals surface area contributed by atoms with E-state index in [1.807, 2.05) is 10.6 Å². The SMILES string of the molecule is Cc1cc(-n2c(C(C)C)cc3cc(N)c(C(=N)F)cc32)ccc1F. The molecule has 0 aliphatic heterocycles. The first-order valence-corrected chi connectivity index (χ1v) is 7.75. The van der Waals surface area contributed by atoms with Crippen molar-refractivity contribution in [2.75, 3.05) is 5.73 Å². The van der Waals surface area contributed by atoms with Crippen LogP contribution in [0.3, 0.4) is 0 Å². The van der Waals surface area contributed by atoms with Crippen molar-refractivity contribution in [1.29, 1.82) is 5.41 Å². The van der Waals surface area contributed by atoms with E-state index in [4.69, 9.17) is 11.1 Å². The van der Waals surface area contributed by atoms with Gasteiger partial charge in [-0.3, -0.25) is 5.41 Å². The van der Waals surface area contributed by atoms with Gasteiger partial charge in [0, 0.05) is 22.5 Å². The molecule has 2 aromatic carbocycles. The zero-order valence-corrected chi connectivity index (χ0v) is 13.8. The number of rotatable bonds is 3. The Labute approximate surface area is 139 Å². The van der Waals surface area contributed by atoms with Crippen LogP contribution in [-0.4, -0.2) is 10.5 Å². The minimum absolute atomic E-state index is 0.0657. The number of halogens is 2. The second-order valence-corrected chi connectivity index (χ2v) is 6.31. The van der Waals surface area contributed by atoms with E-state index in [0.717, 1.165) is 22.3 Å². The van der Waals surface area contributed by atoms with Gasteiger partial charge in [0.15, 0.2) is 0 Å². The van der Waals surface area contributed by atoms with Gasteiger partial charge in [0.25, 0.3) is 0 Å². The minimum atomic E-state index is -1.07. The molecule has 124 valence electrons. The molecule has 0 aliphatic carbocycles. The highest BCUT2D eigenvalue weighted by atomic mass is 19.1. The Morgan fingerprint density at radius 2 is 1.88 bits per heavy atom. The van der Waals surface area contributed by atoms with Gasteiger partial charge >= 0.3 is 0 Å². The molecule has 0 spiro atoms. The maximum Gasteiger partial charge on any atom is 0.214 e. The number of hydrogen-bond donors (Lipinski definition) is 2. The maximum absolute atomic E-state index is 13.6. The lowest BCUT2D eigenvalue weighted by molar-refractivity contribution is 0.618. The van der Waals surface area contributed by atoms with Gasteiger partial charge in [-0.1, -0.05) is 13.8 Å². The molecule has 0 atom stereocenters. The Bertz CT molecular complexity index is 955. The lowest BCUT2D eigenvalue weighted by Crippen LogP contribution is -2.04. The average Bonchev–Trinajstić information content (AvgIpc) is 2.87. The van der Waals surface area contributed by atoms with E-state index >= 15 is 0 Å². The Hall–Kier alpha value is -2.69. The number of anilines is 1. The predicted octanol–water partition coefficient (Wildman–Crippen LogP) is 5.08. The number of fused-ring (bicyclic) bond motifs is 1. The van der Waals surface area contributed by atoms with Crippen LogP contribution in [0.1, 0.15) is 36.6 Å². The van der Waals surface area contributed by atoms with Crippen LogP contribution < -0.4 is 5.73 Å². The smallest absolute Gasteiger partial charge is 0.214 e. The lowest BCUT2D eigenvalue weighted by atomic mass is 10.1. The van der Waals surface area contributed by atoms with Gasteiger partial charge in [-0.05, 0) is 54.8 Å². The van der Waals surface area contributed by atoms with Gasteiger partial charge in [0.1, 0.15) is 5.82 Å². The zero-order valence-electron chi connectivity index (χ0n) is 13.8. The van der Waals surface area contributed by atoms with Gasteiger partial charge in [-0.15, -0.1) is 0 Å². The standard InChI is InChI=1S/C19H19F2N3/c1-10(2)17-8-12-7-16(22)14(19(21)23)9-18(12)24(17)13-4-5-15(20)11(3)6-13/h4-10,23H,22H2,1-3H3. The van der Waals surface area contributed by atoms with Gasteiger partial charge in [0.05, 0.1) is 11.1 Å². The maximum atomic E-state index is 13.6. The Kier molecular flexibility index (Phi) is 3.87. The summed E-state index contributed by atoms with van der Waals surface area (Å²) >= 11 is 0. The minimum Gasteiger partial charge on any atom is -0.398 e. The first kappa shape index (κ1) is 16.2. The van der Waals surface area contributed by atoms with Crippen molar-refractivity contribution in [2.45, 2.75) is 26.7 Å². The van der Waals surface area contributed by atoms with Gasteiger partial charge in [-0.25, -0.2) is 4.39 Å². The molecule has 0 saturated carbocycles. The molecule has 5 heteroatoms. The molecule has 3 rings (SSSR count). The van der Waals surface area contributed by atoms with Crippen LogP contribution in [0, 0.1) is 18.2 Å². The molecule has 24 heavy (non-hydrogen) atoms. The molecular formula is C19H19F2N3. The normalized spacial score (nSPS) is 11.4. The first-order chi connectivity index (χ1) is 11.3. The van der Waals surface area contributed by atoms with Crippen LogP contribution in [0.25, 0.3) is 16.6 Å². The fraction of sp³-hybridized carbons (Fsp3) is 0.211. The monoisotopic (exact) mass is 327 g/mol. The van der Waals surface area contributed by atoms with Crippen LogP contribution in [0.4, 0.5) is 14.5 Å². The molecule has 0 radical (unpaired) electrons. The van der Waals surface area contributed by atoms with E-state index in [1.54, 1.807) is 31.2 Å². The van der Waals surface area contributed by atoms with Crippen LogP contribution in [-0.2, 0) is 0 Å². The number of hydrogen-bond acceptors (Lipinski definition) is 2. The number of nitrogen functional groups attached to an aromatic ring is 1. The summed E-state index contributed by atoms with van der Waals surface area (Å²) in [6.07, 6.45) is 0. The number of nitrogens with zero attached hydrogens (tertiary/aromatic N) is 1. The van der Waals surface area contributed by atoms with Crippen molar-refractivity contribution in [1.82, 2.24) is 4.57 Å². The third-order valence-corrected chi connectivity index (χ3v) is 4.23. The first-order valence-electron chi connectivity index (χ1n) is 7.75. The Balaban J connectivity index is 2.38. The van der Waals surface area contributed by atoms with Crippen LogP contribution in [0.5, 0.6) is 0 Å². The fourth-order valence-electron chi connectivity index (χ4n) is 2.97. The molecule has 3 nitrogen and oxygen atoms in total. The van der Waals surface area contributed by atoms with Crippen LogP contribution >= 0.6 is 0 Å². The molecule has 1 aromatic heterocycles. The summed E-state index contributed by atoms with van der Waals surface area (Å²) in [6.45, 7) is 5.82. The second-order valence-electron chi connectivity index (χ2n) is 6.31. The molecule has 0 amide bonds. The number of aryl methyl sites for hydroxylation is 1. The zero-order chi connectivity index (χ0) is 17.6. The topological polar surface area (TPSA) is 54.8 Å². The number of nitrogens with two attached hydrogens (primary N) is 1. The highest BCUT2D eigenvalue weighted by Crippen LogP contribution is 2.32. The van der Waals surface area contributed by atoms with Crippen molar-refractivity contribution in [3.05, 3.63) is 59.0 Å². The lowest BCUT2D eigenvalue weighted by Gasteiger charge is -2.15. The molecule has 3 aromatic rings. The molecule has 0 fully saturated rings. The average molecular weight is 327 g/mol. The quantitative estimate of drug-likeness (QED) is 0.511. The highest BCUT2D eigenvalue weighted by Gasteiger charge is 2.17. The molecular weight excluding hydrogens is 308 g/mol. The summed E-state index contributed by atoms with van der Waals surface area (Å²) in [4.78, 5) is 0. The van der Waals surface area contributed by atoms with E-state index in [2.05, 4.69) is 13.8 Å². The molecule has 3 N–H and O–H groups in total. The summed E-state index contributed by atoms with van der Waals surface area (Å²) in [6, 6.07) is 10.1. The van der Waals surface area contributed by atoms with Gasteiger partial charge in [0.2, 0.25) is 5.97 Å². The summed E-state index contributed by atoms with van der Waals surface area (Å²) < 4.78 is 29.1. The van der Waals surface area contributed by atoms with Crippen molar-refractivity contribution < 1.29 is 8.78 Å². The second kappa shape index (κ2) is 5.74. The third kappa shape index (κ3) is 2.56. The molecule has 0 bridgehead atoms. The van der Waals surface area contributed by atoms with Gasteiger partial charge < -0.3 is 10.3 Å². The molecule has 0 saturated heterocycles. The van der Waals surface area contributed by atoms with Gasteiger partial charge in [-0.2, -0.15) is 4.39 Å². The third-order valence-electron chi connectivity index (χ3n) is 4.23. The Morgan fingerprint density at radius 3 is 2.46 bits per heavy atom. The summed E-state index contributed by atoms with van der Waals surface area (Å²) in [5, 5.41) is 8.14. The summed E-state index contributed by atoms with van der Waals surface area (Å²) in [7, 11) is 0. The predicted molar refractivity (Wildman–Crippen MR) is 94.4 cm³/mol. The molecule has 0 unspecified atom stereocenters. The fourth-order valence-corrected chi connectivity index (χ4v) is 2.97. The van der Waals surface area contributed by atoms with Crippen LogP contribution in [0.2, 0.25) is 0 Å². The van der Waals surface area contributed by atoms with E-state index in [9.17, 15) is 8.78 Å². The summed E-state index contributed by atoms with van der Waals surface area (Å²) in [5.41, 5.74) is 9.26. The largest absolute Gasteiger partial charge is 0.398 e. The van der Waals surface area contributed by atoms with Crippen LogP contribution in [0.15, 0.2) is 36.4 Å². The van der Waals surface area contributed by atoms with Crippen molar-refractivity contribution >= 4 is 22.6 Å². The van der Waals surface area contributed by atoms with E-state index in [0.29, 0.717) is 5.56 Å². The number of aromatic nitrogens is 1.